The smallest absolute Gasteiger partial charge is 0.252 e. The number of H-pyrrole nitrogens is 1. The molecule has 3 heterocycles. The van der Waals surface area contributed by atoms with Crippen LogP contribution in [0.15, 0.2) is 35.1 Å². The van der Waals surface area contributed by atoms with Crippen molar-refractivity contribution < 1.29 is 4.74 Å². The zero-order chi connectivity index (χ0) is 17.9. The van der Waals surface area contributed by atoms with Gasteiger partial charge in [-0.3, -0.25) is 14.7 Å². The van der Waals surface area contributed by atoms with Gasteiger partial charge in [0.05, 0.1) is 12.8 Å². The van der Waals surface area contributed by atoms with Crippen LogP contribution in [0.3, 0.4) is 0 Å². The number of hydrogen-bond acceptors (Lipinski definition) is 5. The SMILES string of the molecule is COc1cccc(CN2CCC(c3cc(=O)[nH]c(N4CCCC4)n3)C2)c1. The minimum absolute atomic E-state index is 0.0388. The highest BCUT2D eigenvalue weighted by atomic mass is 16.5. The van der Waals surface area contributed by atoms with Gasteiger partial charge in [0.1, 0.15) is 5.75 Å². The normalized spacial score (nSPS) is 20.7. The van der Waals surface area contributed by atoms with E-state index in [1.165, 1.54) is 18.4 Å². The second-order valence-corrected chi connectivity index (χ2v) is 7.26. The summed E-state index contributed by atoms with van der Waals surface area (Å²) in [5, 5.41) is 0. The Bertz CT molecular complexity index is 813. The number of nitrogens with zero attached hydrogens (tertiary/aromatic N) is 3. The van der Waals surface area contributed by atoms with E-state index in [-0.39, 0.29) is 5.56 Å². The summed E-state index contributed by atoms with van der Waals surface area (Å²) >= 11 is 0. The number of aromatic amines is 1. The van der Waals surface area contributed by atoms with Crippen LogP contribution in [0, 0.1) is 0 Å². The van der Waals surface area contributed by atoms with Gasteiger partial charge in [0, 0.05) is 38.2 Å². The minimum atomic E-state index is -0.0388. The Morgan fingerprint density at radius 1 is 1.23 bits per heavy atom. The molecule has 0 saturated carbocycles. The predicted molar refractivity (Wildman–Crippen MR) is 102 cm³/mol. The highest BCUT2D eigenvalue weighted by Crippen LogP contribution is 2.28. The highest BCUT2D eigenvalue weighted by molar-refractivity contribution is 5.33. The number of nitrogens with one attached hydrogen (secondary N) is 1. The molecule has 2 aromatic rings. The van der Waals surface area contributed by atoms with Gasteiger partial charge in [-0.15, -0.1) is 0 Å². The molecule has 0 bridgehead atoms. The molecule has 6 nitrogen and oxygen atoms in total. The van der Waals surface area contributed by atoms with E-state index in [1.807, 2.05) is 12.1 Å². The van der Waals surface area contributed by atoms with Gasteiger partial charge in [-0.2, -0.15) is 0 Å². The maximum Gasteiger partial charge on any atom is 0.252 e. The fraction of sp³-hybridized carbons (Fsp3) is 0.500. The Morgan fingerprint density at radius 3 is 2.88 bits per heavy atom. The van der Waals surface area contributed by atoms with Crippen LogP contribution in [0.2, 0.25) is 0 Å². The molecule has 2 fully saturated rings. The first kappa shape index (κ1) is 17.1. The van der Waals surface area contributed by atoms with Gasteiger partial charge >= 0.3 is 0 Å². The van der Waals surface area contributed by atoms with Crippen molar-refractivity contribution in [2.75, 3.05) is 38.2 Å². The molecule has 1 aromatic carbocycles. The first-order valence-corrected chi connectivity index (χ1v) is 9.43. The molecule has 0 radical (unpaired) electrons. The van der Waals surface area contributed by atoms with Crippen LogP contribution in [0.25, 0.3) is 0 Å². The minimum Gasteiger partial charge on any atom is -0.497 e. The number of aromatic nitrogens is 2. The molecular formula is C20H26N4O2. The fourth-order valence-corrected chi connectivity index (χ4v) is 4.00. The van der Waals surface area contributed by atoms with Crippen LogP contribution in [0.5, 0.6) is 5.75 Å². The van der Waals surface area contributed by atoms with Gasteiger partial charge in [-0.25, -0.2) is 4.98 Å². The molecule has 1 N–H and O–H groups in total. The van der Waals surface area contributed by atoms with Gasteiger partial charge in [0.2, 0.25) is 5.95 Å². The van der Waals surface area contributed by atoms with Crippen molar-refractivity contribution in [3.05, 3.63) is 51.9 Å². The zero-order valence-electron chi connectivity index (χ0n) is 15.3. The summed E-state index contributed by atoms with van der Waals surface area (Å²) in [6.45, 7) is 4.83. The van der Waals surface area contributed by atoms with Gasteiger partial charge in [-0.1, -0.05) is 12.1 Å². The number of likely N-dealkylation sites (tertiary alicyclic amines) is 1. The lowest BCUT2D eigenvalue weighted by Gasteiger charge is -2.19. The van der Waals surface area contributed by atoms with Crippen molar-refractivity contribution in [1.29, 1.82) is 0 Å². The second-order valence-electron chi connectivity index (χ2n) is 7.26. The molecule has 2 saturated heterocycles. The Morgan fingerprint density at radius 2 is 2.08 bits per heavy atom. The van der Waals surface area contributed by atoms with E-state index in [1.54, 1.807) is 13.2 Å². The molecular weight excluding hydrogens is 328 g/mol. The van der Waals surface area contributed by atoms with Crippen molar-refractivity contribution in [3.8, 4) is 5.75 Å². The van der Waals surface area contributed by atoms with Crippen molar-refractivity contribution in [3.63, 3.8) is 0 Å². The lowest BCUT2D eigenvalue weighted by Crippen LogP contribution is -2.25. The first-order chi connectivity index (χ1) is 12.7. The van der Waals surface area contributed by atoms with Gasteiger partial charge < -0.3 is 9.64 Å². The van der Waals surface area contributed by atoms with Crippen molar-refractivity contribution in [1.82, 2.24) is 14.9 Å². The molecule has 1 unspecified atom stereocenters. The molecule has 4 rings (SSSR count). The third-order valence-corrected chi connectivity index (χ3v) is 5.39. The van der Waals surface area contributed by atoms with Gasteiger partial charge in [-0.05, 0) is 43.5 Å². The molecule has 0 spiro atoms. The molecule has 1 atom stereocenters. The van der Waals surface area contributed by atoms with E-state index in [2.05, 4.69) is 26.9 Å². The summed E-state index contributed by atoms with van der Waals surface area (Å²) in [6, 6.07) is 9.90. The number of ether oxygens (including phenoxy) is 1. The summed E-state index contributed by atoms with van der Waals surface area (Å²) in [5.41, 5.74) is 2.15. The Labute approximate surface area is 153 Å². The Kier molecular flexibility index (Phi) is 4.93. The maximum absolute atomic E-state index is 12.1. The van der Waals surface area contributed by atoms with Gasteiger partial charge in [0.25, 0.3) is 5.56 Å². The van der Waals surface area contributed by atoms with Crippen LogP contribution in [0.4, 0.5) is 5.95 Å². The lowest BCUT2D eigenvalue weighted by molar-refractivity contribution is 0.325. The highest BCUT2D eigenvalue weighted by Gasteiger charge is 2.26. The Hall–Kier alpha value is -2.34. The van der Waals surface area contributed by atoms with Crippen LogP contribution >= 0.6 is 0 Å². The van der Waals surface area contributed by atoms with Crippen LogP contribution in [-0.2, 0) is 6.54 Å². The summed E-state index contributed by atoms with van der Waals surface area (Å²) in [7, 11) is 1.70. The summed E-state index contributed by atoms with van der Waals surface area (Å²) < 4.78 is 5.31. The molecule has 2 aliphatic rings. The molecule has 2 aliphatic heterocycles. The van der Waals surface area contributed by atoms with Crippen LogP contribution < -0.4 is 15.2 Å². The monoisotopic (exact) mass is 354 g/mol. The molecule has 0 amide bonds. The number of rotatable bonds is 5. The predicted octanol–water partition coefficient (Wildman–Crippen LogP) is 2.37. The second kappa shape index (κ2) is 7.50. The first-order valence-electron chi connectivity index (χ1n) is 9.43. The number of methoxy groups -OCH3 is 1. The quantitative estimate of drug-likeness (QED) is 0.893. The maximum atomic E-state index is 12.1. The van der Waals surface area contributed by atoms with Crippen LogP contribution in [0.1, 0.15) is 36.4 Å². The van der Waals surface area contributed by atoms with E-state index in [0.29, 0.717) is 5.92 Å². The molecule has 1 aromatic heterocycles. The Balaban J connectivity index is 1.45. The average Bonchev–Trinajstić information content (AvgIpc) is 3.33. The summed E-state index contributed by atoms with van der Waals surface area (Å²) in [5.74, 6) is 1.96. The molecule has 138 valence electrons. The topological polar surface area (TPSA) is 61.5 Å². The van der Waals surface area contributed by atoms with E-state index >= 15 is 0 Å². The zero-order valence-corrected chi connectivity index (χ0v) is 15.3. The molecule has 26 heavy (non-hydrogen) atoms. The van der Waals surface area contributed by atoms with Gasteiger partial charge in [0.15, 0.2) is 0 Å². The average molecular weight is 354 g/mol. The summed E-state index contributed by atoms with van der Waals surface area (Å²) in [4.78, 5) is 24.4. The lowest BCUT2D eigenvalue weighted by atomic mass is 10.0. The van der Waals surface area contributed by atoms with E-state index in [0.717, 1.165) is 56.5 Å². The third kappa shape index (κ3) is 3.75. The number of anilines is 1. The fourth-order valence-electron chi connectivity index (χ4n) is 4.00. The number of hydrogen-bond donors (Lipinski definition) is 1. The third-order valence-electron chi connectivity index (χ3n) is 5.39. The molecule has 0 aliphatic carbocycles. The van der Waals surface area contributed by atoms with E-state index in [9.17, 15) is 4.79 Å². The standard InChI is InChI=1S/C20H26N4O2/c1-26-17-6-4-5-15(11-17)13-23-10-7-16(14-23)18-12-19(25)22-20(21-18)24-8-2-3-9-24/h4-6,11-12,16H,2-3,7-10,13-14H2,1H3,(H,21,22,25). The van der Waals surface area contributed by atoms with E-state index in [4.69, 9.17) is 9.72 Å². The van der Waals surface area contributed by atoms with Crippen molar-refractivity contribution >= 4 is 5.95 Å². The summed E-state index contributed by atoms with van der Waals surface area (Å²) in [6.07, 6.45) is 3.39. The largest absolute Gasteiger partial charge is 0.497 e. The number of benzene rings is 1. The van der Waals surface area contributed by atoms with E-state index < -0.39 is 0 Å². The molecule has 6 heteroatoms. The van der Waals surface area contributed by atoms with Crippen molar-refractivity contribution in [2.24, 2.45) is 0 Å². The van der Waals surface area contributed by atoms with Crippen molar-refractivity contribution in [2.45, 2.75) is 31.7 Å². The van der Waals surface area contributed by atoms with Crippen LogP contribution in [-0.4, -0.2) is 48.2 Å².